The van der Waals surface area contributed by atoms with Crippen LogP contribution < -0.4 is 5.32 Å². The molecule has 1 aliphatic carbocycles. The second-order valence-electron chi connectivity index (χ2n) is 8.93. The van der Waals surface area contributed by atoms with E-state index in [0.717, 1.165) is 37.3 Å². The summed E-state index contributed by atoms with van der Waals surface area (Å²) in [6.45, 7) is 5.32. The van der Waals surface area contributed by atoms with Crippen LogP contribution in [0.4, 0.5) is 0 Å². The molecule has 2 aromatic carbocycles. The van der Waals surface area contributed by atoms with E-state index in [1.54, 1.807) is 0 Å². The van der Waals surface area contributed by atoms with Crippen molar-refractivity contribution in [3.8, 4) is 5.69 Å². The Hall–Kier alpha value is -2.99. The van der Waals surface area contributed by atoms with Crippen LogP contribution in [0.2, 0.25) is 0 Å². The summed E-state index contributed by atoms with van der Waals surface area (Å²) in [7, 11) is 0. The molecule has 2 heterocycles. The summed E-state index contributed by atoms with van der Waals surface area (Å²) in [5.74, 6) is 0.997. The van der Waals surface area contributed by atoms with Crippen molar-refractivity contribution in [2.75, 3.05) is 6.54 Å². The van der Waals surface area contributed by atoms with Crippen molar-refractivity contribution in [2.24, 2.45) is 0 Å². The minimum Gasteiger partial charge on any atom is -0.358 e. The summed E-state index contributed by atoms with van der Waals surface area (Å²) in [5.41, 5.74) is 6.13. The number of H-pyrrole nitrogens is 1. The molecule has 6 nitrogen and oxygen atoms in total. The van der Waals surface area contributed by atoms with Crippen LogP contribution in [-0.2, 0) is 12.0 Å². The summed E-state index contributed by atoms with van der Waals surface area (Å²) in [6, 6.07) is 17.0. The molecule has 2 aromatic heterocycles. The standard InChI is InChI=1S/C25H30N6/c1-18-10-4-7-13-23(18)31-24(28-29-30-31)25(15-8-3-9-16-25)26-17-14-20-19(2)27-22-12-6-5-11-21(20)22/h4-7,10-13,26-27H,3,8-9,14-17H2,1-2H3/p+1. The van der Waals surface area contributed by atoms with Crippen molar-refractivity contribution >= 4 is 10.9 Å². The lowest BCUT2D eigenvalue weighted by atomic mass is 9.80. The Morgan fingerprint density at radius 2 is 1.77 bits per heavy atom. The average Bonchev–Trinajstić information content (AvgIpc) is 3.40. The molecular weight excluding hydrogens is 384 g/mol. The van der Waals surface area contributed by atoms with Gasteiger partial charge in [0.25, 0.3) is 0 Å². The number of benzene rings is 2. The highest BCUT2D eigenvalue weighted by Crippen LogP contribution is 2.33. The van der Waals surface area contributed by atoms with Crippen LogP contribution in [0.3, 0.4) is 0 Å². The van der Waals surface area contributed by atoms with E-state index in [9.17, 15) is 0 Å². The fraction of sp³-hybridized carbons (Fsp3) is 0.400. The van der Waals surface area contributed by atoms with Gasteiger partial charge in [-0.2, -0.15) is 4.68 Å². The number of hydrogen-bond donors (Lipinski definition) is 2. The van der Waals surface area contributed by atoms with E-state index in [1.807, 2.05) is 4.68 Å². The van der Waals surface area contributed by atoms with Gasteiger partial charge in [0.05, 0.1) is 12.2 Å². The fourth-order valence-electron chi connectivity index (χ4n) is 5.31. The zero-order valence-corrected chi connectivity index (χ0v) is 18.4. The Morgan fingerprint density at radius 3 is 2.61 bits per heavy atom. The quantitative estimate of drug-likeness (QED) is 0.504. The molecular formula is C25H31N6+. The molecule has 1 fully saturated rings. The minimum atomic E-state index is -0.0654. The third-order valence-electron chi connectivity index (χ3n) is 6.96. The number of quaternary nitrogens is 1. The number of fused-ring (bicyclic) bond motifs is 1. The number of aromatic nitrogens is 5. The van der Waals surface area contributed by atoms with Crippen molar-refractivity contribution in [3.05, 3.63) is 71.2 Å². The van der Waals surface area contributed by atoms with Gasteiger partial charge in [-0.15, -0.1) is 5.10 Å². The number of aryl methyl sites for hydroxylation is 2. The van der Waals surface area contributed by atoms with Crippen molar-refractivity contribution < 1.29 is 5.32 Å². The number of tetrazole rings is 1. The summed E-state index contributed by atoms with van der Waals surface area (Å²) in [6.07, 6.45) is 7.01. The lowest BCUT2D eigenvalue weighted by molar-refractivity contribution is -0.741. The monoisotopic (exact) mass is 415 g/mol. The molecule has 0 atom stereocenters. The highest BCUT2D eigenvalue weighted by Gasteiger charge is 2.42. The molecule has 1 aliphatic rings. The third kappa shape index (κ3) is 3.65. The Balaban J connectivity index is 1.44. The fourth-order valence-corrected chi connectivity index (χ4v) is 5.31. The van der Waals surface area contributed by atoms with E-state index in [4.69, 9.17) is 0 Å². The number of nitrogens with two attached hydrogens (primary N) is 1. The van der Waals surface area contributed by atoms with Gasteiger partial charge in [0.15, 0.2) is 5.54 Å². The average molecular weight is 416 g/mol. The number of hydrogen-bond acceptors (Lipinski definition) is 3. The van der Waals surface area contributed by atoms with Crippen LogP contribution >= 0.6 is 0 Å². The normalized spacial score (nSPS) is 16.1. The molecule has 5 rings (SSSR count). The first-order valence-electron chi connectivity index (χ1n) is 11.4. The maximum absolute atomic E-state index is 4.58. The molecule has 0 aliphatic heterocycles. The molecule has 0 unspecified atom stereocenters. The van der Waals surface area contributed by atoms with E-state index >= 15 is 0 Å². The zero-order chi connectivity index (χ0) is 21.3. The van der Waals surface area contributed by atoms with Crippen LogP contribution in [0.5, 0.6) is 0 Å². The first kappa shape index (κ1) is 19.9. The molecule has 1 saturated carbocycles. The third-order valence-corrected chi connectivity index (χ3v) is 6.96. The second-order valence-corrected chi connectivity index (χ2v) is 8.93. The van der Waals surface area contributed by atoms with E-state index in [0.29, 0.717) is 0 Å². The van der Waals surface area contributed by atoms with E-state index in [1.165, 1.54) is 47.0 Å². The SMILES string of the molecule is Cc1ccccc1-n1nnnc1C1([NH2+]CCc2c(C)[nH]c3ccccc23)CCCCC1. The topological polar surface area (TPSA) is 76.0 Å². The predicted molar refractivity (Wildman–Crippen MR) is 122 cm³/mol. The molecule has 0 spiro atoms. The Bertz CT molecular complexity index is 1180. The first-order valence-corrected chi connectivity index (χ1v) is 11.4. The van der Waals surface area contributed by atoms with Gasteiger partial charge < -0.3 is 10.3 Å². The van der Waals surface area contributed by atoms with Gasteiger partial charge in [0.2, 0.25) is 5.82 Å². The number of aromatic amines is 1. The lowest BCUT2D eigenvalue weighted by Gasteiger charge is -2.33. The Labute approximate surface area is 183 Å². The van der Waals surface area contributed by atoms with Gasteiger partial charge in [-0.1, -0.05) is 42.8 Å². The van der Waals surface area contributed by atoms with Crippen molar-refractivity contribution in [3.63, 3.8) is 0 Å². The van der Waals surface area contributed by atoms with Gasteiger partial charge in [-0.25, -0.2) is 0 Å². The maximum Gasteiger partial charge on any atom is 0.217 e. The summed E-state index contributed by atoms with van der Waals surface area (Å²) < 4.78 is 1.98. The van der Waals surface area contributed by atoms with Crippen LogP contribution in [0, 0.1) is 13.8 Å². The molecule has 3 N–H and O–H groups in total. The van der Waals surface area contributed by atoms with Crippen molar-refractivity contribution in [1.82, 2.24) is 25.2 Å². The molecule has 160 valence electrons. The van der Waals surface area contributed by atoms with Crippen LogP contribution in [0.1, 0.15) is 54.7 Å². The number of rotatable bonds is 6. The van der Waals surface area contributed by atoms with Crippen molar-refractivity contribution in [2.45, 2.75) is 57.9 Å². The van der Waals surface area contributed by atoms with Gasteiger partial charge in [-0.3, -0.25) is 0 Å². The molecule has 0 bridgehead atoms. The smallest absolute Gasteiger partial charge is 0.217 e. The first-order chi connectivity index (χ1) is 15.2. The summed E-state index contributed by atoms with van der Waals surface area (Å²) >= 11 is 0. The minimum absolute atomic E-state index is 0.0654. The zero-order valence-electron chi connectivity index (χ0n) is 18.4. The van der Waals surface area contributed by atoms with E-state index in [-0.39, 0.29) is 5.54 Å². The van der Waals surface area contributed by atoms with Gasteiger partial charge in [-0.05, 0) is 60.4 Å². The van der Waals surface area contributed by atoms with Gasteiger partial charge in [0, 0.05) is 35.9 Å². The summed E-state index contributed by atoms with van der Waals surface area (Å²) in [5, 5.41) is 17.0. The van der Waals surface area contributed by atoms with Crippen molar-refractivity contribution in [1.29, 1.82) is 0 Å². The van der Waals surface area contributed by atoms with E-state index in [2.05, 4.69) is 88.2 Å². The molecule has 0 saturated heterocycles. The highest BCUT2D eigenvalue weighted by molar-refractivity contribution is 5.84. The maximum atomic E-state index is 4.58. The number of nitrogens with zero attached hydrogens (tertiary/aromatic N) is 4. The molecule has 4 aromatic rings. The number of nitrogens with one attached hydrogen (secondary N) is 1. The Morgan fingerprint density at radius 1 is 1.00 bits per heavy atom. The summed E-state index contributed by atoms with van der Waals surface area (Å²) in [4.78, 5) is 3.54. The lowest BCUT2D eigenvalue weighted by Crippen LogP contribution is -2.96. The van der Waals surface area contributed by atoms with Gasteiger partial charge >= 0.3 is 0 Å². The molecule has 31 heavy (non-hydrogen) atoms. The highest BCUT2D eigenvalue weighted by atomic mass is 15.6. The van der Waals surface area contributed by atoms with Crippen LogP contribution in [0.15, 0.2) is 48.5 Å². The predicted octanol–water partition coefficient (Wildman–Crippen LogP) is 3.73. The second kappa shape index (κ2) is 8.27. The molecule has 0 radical (unpaired) electrons. The van der Waals surface area contributed by atoms with Crippen LogP contribution in [-0.4, -0.2) is 31.7 Å². The molecule has 6 heteroatoms. The largest absolute Gasteiger partial charge is 0.358 e. The number of para-hydroxylation sites is 2. The Kier molecular flexibility index (Phi) is 5.32. The van der Waals surface area contributed by atoms with Crippen LogP contribution in [0.25, 0.3) is 16.6 Å². The molecule has 0 amide bonds. The van der Waals surface area contributed by atoms with E-state index < -0.39 is 0 Å². The van der Waals surface area contributed by atoms with Gasteiger partial charge in [0.1, 0.15) is 0 Å².